The van der Waals surface area contributed by atoms with Gasteiger partial charge in [0.1, 0.15) is 6.42 Å². The molecule has 1 N–H and O–H groups in total. The highest BCUT2D eigenvalue weighted by atomic mass is 19.3. The van der Waals surface area contributed by atoms with Gasteiger partial charge >= 0.3 is 5.97 Å². The van der Waals surface area contributed by atoms with Crippen molar-refractivity contribution in [2.45, 2.75) is 19.3 Å². The van der Waals surface area contributed by atoms with E-state index in [0.29, 0.717) is 5.39 Å². The van der Waals surface area contributed by atoms with Gasteiger partial charge < -0.3 is 5.11 Å². The molecule has 94 valence electrons. The summed E-state index contributed by atoms with van der Waals surface area (Å²) < 4.78 is 27.3. The highest BCUT2D eigenvalue weighted by Crippen LogP contribution is 2.33. The van der Waals surface area contributed by atoms with Gasteiger partial charge in [-0.15, -0.1) is 0 Å². The molecule has 0 amide bonds. The van der Waals surface area contributed by atoms with E-state index in [9.17, 15) is 13.6 Å². The van der Waals surface area contributed by atoms with Crippen LogP contribution in [0.25, 0.3) is 10.8 Å². The molecular weight excluding hydrogens is 238 g/mol. The summed E-state index contributed by atoms with van der Waals surface area (Å²) in [6.45, 7) is 1.92. The maximum atomic E-state index is 13.6. The summed E-state index contributed by atoms with van der Waals surface area (Å²) in [5.41, 5.74) is 0.786. The summed E-state index contributed by atoms with van der Waals surface area (Å²) in [6, 6.07) is 9.71. The molecule has 0 aromatic heterocycles. The Kier molecular flexibility index (Phi) is 3.03. The van der Waals surface area contributed by atoms with Crippen LogP contribution < -0.4 is 0 Å². The van der Waals surface area contributed by atoms with Crippen molar-refractivity contribution in [1.82, 2.24) is 0 Å². The van der Waals surface area contributed by atoms with Crippen LogP contribution in [0.15, 0.2) is 36.4 Å². The van der Waals surface area contributed by atoms with Crippen LogP contribution in [0.3, 0.4) is 0 Å². The van der Waals surface area contributed by atoms with Crippen molar-refractivity contribution in [2.75, 3.05) is 0 Å². The van der Waals surface area contributed by atoms with E-state index in [2.05, 4.69) is 0 Å². The minimum absolute atomic E-state index is 0.263. The lowest BCUT2D eigenvalue weighted by atomic mass is 10.00. The van der Waals surface area contributed by atoms with Crippen LogP contribution in [-0.4, -0.2) is 11.1 Å². The molecule has 0 saturated carbocycles. The van der Waals surface area contributed by atoms with E-state index in [1.165, 1.54) is 12.1 Å². The van der Waals surface area contributed by atoms with E-state index >= 15 is 0 Å². The second-order valence-corrected chi connectivity index (χ2v) is 4.34. The Balaban J connectivity index is 2.47. The molecule has 2 aromatic carbocycles. The standard InChI is InChI=1S/C14H12F2O2/c1-9-2-3-11-7-12(5-4-10(11)6-9)14(15,16)8-13(17)18/h2-7H,8H2,1H3,(H,17,18). The van der Waals surface area contributed by atoms with Gasteiger partial charge in [-0.1, -0.05) is 35.9 Å². The Morgan fingerprint density at radius 1 is 1.17 bits per heavy atom. The van der Waals surface area contributed by atoms with E-state index in [-0.39, 0.29) is 5.56 Å². The normalized spacial score (nSPS) is 11.7. The lowest BCUT2D eigenvalue weighted by Gasteiger charge is -2.15. The second-order valence-electron chi connectivity index (χ2n) is 4.34. The van der Waals surface area contributed by atoms with Gasteiger partial charge in [0.2, 0.25) is 0 Å². The number of fused-ring (bicyclic) bond motifs is 1. The molecule has 0 fully saturated rings. The molecule has 4 heteroatoms. The zero-order valence-electron chi connectivity index (χ0n) is 9.78. The molecule has 18 heavy (non-hydrogen) atoms. The molecule has 0 radical (unpaired) electrons. The van der Waals surface area contributed by atoms with Crippen LogP contribution in [0.4, 0.5) is 8.78 Å². The fourth-order valence-electron chi connectivity index (χ4n) is 1.88. The van der Waals surface area contributed by atoms with Crippen LogP contribution in [0.5, 0.6) is 0 Å². The summed E-state index contributed by atoms with van der Waals surface area (Å²) in [4.78, 5) is 10.4. The van der Waals surface area contributed by atoms with E-state index < -0.39 is 18.3 Å². The number of aryl methyl sites for hydroxylation is 1. The zero-order valence-corrected chi connectivity index (χ0v) is 9.78. The second kappa shape index (κ2) is 4.37. The van der Waals surface area contributed by atoms with Crippen LogP contribution >= 0.6 is 0 Å². The van der Waals surface area contributed by atoms with E-state index in [1.54, 1.807) is 12.1 Å². The molecule has 0 atom stereocenters. The SMILES string of the molecule is Cc1ccc2cc(C(F)(F)CC(=O)O)ccc2c1. The molecule has 0 bridgehead atoms. The van der Waals surface area contributed by atoms with E-state index in [0.717, 1.165) is 10.9 Å². The molecule has 0 aliphatic heterocycles. The van der Waals surface area contributed by atoms with Gasteiger partial charge in [-0.05, 0) is 23.8 Å². The molecule has 0 aliphatic carbocycles. The molecule has 2 rings (SSSR count). The third-order valence-electron chi connectivity index (χ3n) is 2.79. The van der Waals surface area contributed by atoms with Crippen molar-refractivity contribution >= 4 is 16.7 Å². The topological polar surface area (TPSA) is 37.3 Å². The maximum absolute atomic E-state index is 13.6. The Labute approximate surface area is 103 Å². The number of rotatable bonds is 3. The zero-order chi connectivity index (χ0) is 13.3. The van der Waals surface area contributed by atoms with E-state index in [4.69, 9.17) is 5.11 Å². The first-order valence-corrected chi connectivity index (χ1v) is 5.49. The largest absolute Gasteiger partial charge is 0.481 e. The van der Waals surface area contributed by atoms with Crippen LogP contribution in [0.1, 0.15) is 17.5 Å². The van der Waals surface area contributed by atoms with Gasteiger partial charge in [0.05, 0.1) is 0 Å². The molecule has 2 nitrogen and oxygen atoms in total. The third kappa shape index (κ3) is 2.47. The van der Waals surface area contributed by atoms with Crippen LogP contribution in [0, 0.1) is 6.92 Å². The predicted octanol–water partition coefficient (Wildman–Crippen LogP) is 3.71. The van der Waals surface area contributed by atoms with Crippen LogP contribution in [-0.2, 0) is 10.7 Å². The van der Waals surface area contributed by atoms with Gasteiger partial charge in [0, 0.05) is 5.56 Å². The van der Waals surface area contributed by atoms with Crippen molar-refractivity contribution < 1.29 is 18.7 Å². The number of carboxylic acids is 1. The first-order valence-electron chi connectivity index (χ1n) is 5.49. The quantitative estimate of drug-likeness (QED) is 0.901. The highest BCUT2D eigenvalue weighted by molar-refractivity contribution is 5.84. The number of benzene rings is 2. The number of alkyl halides is 2. The van der Waals surface area contributed by atoms with Gasteiger partial charge in [-0.3, -0.25) is 4.79 Å². The minimum Gasteiger partial charge on any atom is -0.481 e. The lowest BCUT2D eigenvalue weighted by molar-refractivity contribution is -0.145. The Hall–Kier alpha value is -1.97. The number of carboxylic acid groups (broad SMARTS) is 1. The first kappa shape index (κ1) is 12.5. The Morgan fingerprint density at radius 2 is 1.78 bits per heavy atom. The summed E-state index contributed by atoms with van der Waals surface area (Å²) in [7, 11) is 0. The van der Waals surface area contributed by atoms with Crippen LogP contribution in [0.2, 0.25) is 0 Å². The van der Waals surface area contributed by atoms with Crippen molar-refractivity contribution in [1.29, 1.82) is 0 Å². The molecular formula is C14H12F2O2. The average Bonchev–Trinajstić information content (AvgIpc) is 2.26. The van der Waals surface area contributed by atoms with Crippen molar-refractivity contribution in [3.05, 3.63) is 47.5 Å². The van der Waals surface area contributed by atoms with Gasteiger partial charge in [-0.25, -0.2) is 8.78 Å². The summed E-state index contributed by atoms with van der Waals surface area (Å²) in [6.07, 6.45) is -1.19. The summed E-state index contributed by atoms with van der Waals surface area (Å²) in [5.74, 6) is -4.85. The van der Waals surface area contributed by atoms with Crippen molar-refractivity contribution in [2.24, 2.45) is 0 Å². The monoisotopic (exact) mass is 250 g/mol. The lowest BCUT2D eigenvalue weighted by Crippen LogP contribution is -2.18. The average molecular weight is 250 g/mol. The minimum atomic E-state index is -3.34. The summed E-state index contributed by atoms with van der Waals surface area (Å²) >= 11 is 0. The molecule has 0 aliphatic rings. The number of hydrogen-bond donors (Lipinski definition) is 1. The first-order chi connectivity index (χ1) is 8.38. The van der Waals surface area contributed by atoms with Gasteiger partial charge in [-0.2, -0.15) is 0 Å². The molecule has 2 aromatic rings. The number of carbonyl (C=O) groups is 1. The predicted molar refractivity (Wildman–Crippen MR) is 64.8 cm³/mol. The molecule has 0 saturated heterocycles. The molecule has 0 unspecified atom stereocenters. The number of aliphatic carboxylic acids is 1. The third-order valence-corrected chi connectivity index (χ3v) is 2.79. The van der Waals surface area contributed by atoms with Gasteiger partial charge in [0.25, 0.3) is 5.92 Å². The maximum Gasteiger partial charge on any atom is 0.309 e. The molecule has 0 heterocycles. The summed E-state index contributed by atoms with van der Waals surface area (Å²) in [5, 5.41) is 10.0. The van der Waals surface area contributed by atoms with E-state index in [1.807, 2.05) is 19.1 Å². The number of halogens is 2. The fourth-order valence-corrected chi connectivity index (χ4v) is 1.88. The van der Waals surface area contributed by atoms with Gasteiger partial charge in [0.15, 0.2) is 0 Å². The Morgan fingerprint density at radius 3 is 2.44 bits per heavy atom. The molecule has 0 spiro atoms. The number of hydrogen-bond acceptors (Lipinski definition) is 1. The smallest absolute Gasteiger partial charge is 0.309 e. The van der Waals surface area contributed by atoms with Crippen molar-refractivity contribution in [3.8, 4) is 0 Å². The fraction of sp³-hybridized carbons (Fsp3) is 0.214. The highest BCUT2D eigenvalue weighted by Gasteiger charge is 2.34. The van der Waals surface area contributed by atoms with Crippen molar-refractivity contribution in [3.63, 3.8) is 0 Å². The Bertz CT molecular complexity index is 606.